The van der Waals surface area contributed by atoms with E-state index in [1.165, 1.54) is 0 Å². The Balaban J connectivity index is 1.93. The maximum absolute atomic E-state index is 5.64. The highest BCUT2D eigenvalue weighted by molar-refractivity contribution is 5.74. The van der Waals surface area contributed by atoms with Gasteiger partial charge in [-0.1, -0.05) is 17.3 Å². The number of hydrazine groups is 1. The third-order valence-corrected chi connectivity index (χ3v) is 3.21. The number of hydrogen-bond acceptors (Lipinski definition) is 5. The lowest BCUT2D eigenvalue weighted by molar-refractivity contribution is 0.451. The highest BCUT2D eigenvalue weighted by Gasteiger charge is 2.15. The Morgan fingerprint density at radius 1 is 1.37 bits per heavy atom. The Hall–Kier alpha value is -2.25. The number of fused-ring (bicyclic) bond motifs is 1. The minimum absolute atomic E-state index is 0.0717. The van der Waals surface area contributed by atoms with Gasteiger partial charge in [-0.15, -0.1) is 5.10 Å². The molecule has 2 heterocycles. The van der Waals surface area contributed by atoms with Crippen molar-refractivity contribution < 1.29 is 0 Å². The van der Waals surface area contributed by atoms with Crippen molar-refractivity contribution in [3.8, 4) is 0 Å². The fraction of sp³-hybridized carbons (Fsp3) is 0.250. The third-order valence-electron chi connectivity index (χ3n) is 3.21. The van der Waals surface area contributed by atoms with Crippen molar-refractivity contribution in [1.29, 1.82) is 0 Å². The maximum Gasteiger partial charge on any atom is 0.0958 e. The van der Waals surface area contributed by atoms with Crippen molar-refractivity contribution in [2.75, 3.05) is 0 Å². The molecule has 0 spiro atoms. The van der Waals surface area contributed by atoms with Crippen molar-refractivity contribution >= 4 is 11.0 Å². The molecule has 1 atom stereocenters. The van der Waals surface area contributed by atoms with E-state index in [1.54, 1.807) is 10.9 Å². The summed E-state index contributed by atoms with van der Waals surface area (Å²) < 4.78 is 3.77. The van der Waals surface area contributed by atoms with Crippen LogP contribution in [-0.4, -0.2) is 24.5 Å². The summed E-state index contributed by atoms with van der Waals surface area (Å²) in [4.78, 5) is 4.37. The van der Waals surface area contributed by atoms with Gasteiger partial charge in [-0.05, 0) is 12.1 Å². The zero-order valence-electron chi connectivity index (χ0n) is 10.6. The van der Waals surface area contributed by atoms with Gasteiger partial charge in [0.15, 0.2) is 0 Å². The number of para-hydroxylation sites is 2. The van der Waals surface area contributed by atoms with Gasteiger partial charge in [-0.25, -0.2) is 10.4 Å². The van der Waals surface area contributed by atoms with Gasteiger partial charge in [-0.3, -0.25) is 10.5 Å². The number of aryl methyl sites for hydroxylation is 1. The molecule has 98 valence electrons. The summed E-state index contributed by atoms with van der Waals surface area (Å²) in [7, 11) is 1.85. The quantitative estimate of drug-likeness (QED) is 0.521. The summed E-state index contributed by atoms with van der Waals surface area (Å²) in [6.45, 7) is 0.665. The van der Waals surface area contributed by atoms with E-state index in [9.17, 15) is 0 Å². The van der Waals surface area contributed by atoms with E-state index in [0.29, 0.717) is 6.54 Å². The smallest absolute Gasteiger partial charge is 0.0958 e. The molecule has 2 aromatic heterocycles. The van der Waals surface area contributed by atoms with Crippen LogP contribution in [0.4, 0.5) is 0 Å². The van der Waals surface area contributed by atoms with Crippen LogP contribution < -0.4 is 11.3 Å². The number of hydrogen-bond donors (Lipinski definition) is 2. The molecule has 19 heavy (non-hydrogen) atoms. The van der Waals surface area contributed by atoms with Crippen LogP contribution in [0.15, 0.2) is 36.8 Å². The molecule has 1 unspecified atom stereocenters. The summed E-state index contributed by atoms with van der Waals surface area (Å²) >= 11 is 0. The molecule has 0 aliphatic carbocycles. The van der Waals surface area contributed by atoms with E-state index in [1.807, 2.05) is 37.6 Å². The topological polar surface area (TPSA) is 86.6 Å². The largest absolute Gasteiger partial charge is 0.329 e. The predicted octanol–water partition coefficient (Wildman–Crippen LogP) is 0.369. The van der Waals surface area contributed by atoms with Gasteiger partial charge in [0, 0.05) is 13.6 Å². The van der Waals surface area contributed by atoms with Crippen LogP contribution in [0.3, 0.4) is 0 Å². The first-order valence-corrected chi connectivity index (χ1v) is 6.00. The Labute approximate surface area is 110 Å². The Kier molecular flexibility index (Phi) is 2.98. The molecule has 3 rings (SSSR count). The minimum Gasteiger partial charge on any atom is -0.329 e. The monoisotopic (exact) mass is 257 g/mol. The van der Waals surface area contributed by atoms with Gasteiger partial charge in [-0.2, -0.15) is 0 Å². The molecule has 0 aliphatic heterocycles. The SMILES string of the molecule is Cn1nncc1C(Cn1cnc2ccccc21)NN. The molecule has 0 bridgehead atoms. The van der Waals surface area contributed by atoms with Crippen LogP contribution in [0.25, 0.3) is 11.0 Å². The summed E-state index contributed by atoms with van der Waals surface area (Å²) in [5.74, 6) is 5.64. The fourth-order valence-electron chi connectivity index (χ4n) is 2.20. The van der Waals surface area contributed by atoms with Gasteiger partial charge in [0.25, 0.3) is 0 Å². The summed E-state index contributed by atoms with van der Waals surface area (Å²) in [5.41, 5.74) is 5.78. The number of aromatic nitrogens is 5. The maximum atomic E-state index is 5.64. The third kappa shape index (κ3) is 2.09. The molecule has 7 nitrogen and oxygen atoms in total. The zero-order chi connectivity index (χ0) is 13.2. The van der Waals surface area contributed by atoms with Crippen LogP contribution >= 0.6 is 0 Å². The molecule has 0 radical (unpaired) electrons. The fourth-order valence-corrected chi connectivity index (χ4v) is 2.20. The molecule has 0 fully saturated rings. The van der Waals surface area contributed by atoms with Gasteiger partial charge in [0.1, 0.15) is 0 Å². The number of imidazole rings is 1. The van der Waals surface area contributed by atoms with Crippen molar-refractivity contribution in [1.82, 2.24) is 30.0 Å². The number of nitrogens with zero attached hydrogens (tertiary/aromatic N) is 5. The molecule has 3 N–H and O–H groups in total. The highest BCUT2D eigenvalue weighted by atomic mass is 15.4. The van der Waals surface area contributed by atoms with E-state index in [0.717, 1.165) is 16.7 Å². The van der Waals surface area contributed by atoms with Crippen LogP contribution in [0.1, 0.15) is 11.7 Å². The van der Waals surface area contributed by atoms with Crippen molar-refractivity contribution in [2.45, 2.75) is 12.6 Å². The predicted molar refractivity (Wildman–Crippen MR) is 70.8 cm³/mol. The molecule has 7 heteroatoms. The average molecular weight is 257 g/mol. The van der Waals surface area contributed by atoms with E-state index >= 15 is 0 Å². The lowest BCUT2D eigenvalue weighted by atomic mass is 10.2. The molecule has 0 saturated heterocycles. The second-order valence-corrected chi connectivity index (χ2v) is 4.39. The average Bonchev–Trinajstić information content (AvgIpc) is 3.03. The lowest BCUT2D eigenvalue weighted by Crippen LogP contribution is -2.32. The highest BCUT2D eigenvalue weighted by Crippen LogP contribution is 2.17. The van der Waals surface area contributed by atoms with Crippen LogP contribution in [0.5, 0.6) is 0 Å². The van der Waals surface area contributed by atoms with Crippen LogP contribution in [0, 0.1) is 0 Å². The Bertz CT molecular complexity index is 684. The second-order valence-electron chi connectivity index (χ2n) is 4.39. The van der Waals surface area contributed by atoms with Crippen LogP contribution in [0.2, 0.25) is 0 Å². The first-order valence-electron chi connectivity index (χ1n) is 6.00. The van der Waals surface area contributed by atoms with Gasteiger partial charge >= 0.3 is 0 Å². The Morgan fingerprint density at radius 2 is 2.21 bits per heavy atom. The molecular weight excluding hydrogens is 242 g/mol. The van der Waals surface area contributed by atoms with E-state index in [4.69, 9.17) is 5.84 Å². The normalized spacial score (nSPS) is 12.9. The minimum atomic E-state index is -0.0717. The first kappa shape index (κ1) is 11.8. The van der Waals surface area contributed by atoms with Gasteiger partial charge in [0.05, 0.1) is 35.3 Å². The molecule has 1 aromatic carbocycles. The Morgan fingerprint density at radius 3 is 2.95 bits per heavy atom. The number of benzene rings is 1. The van der Waals surface area contributed by atoms with Crippen molar-refractivity contribution in [3.05, 3.63) is 42.5 Å². The molecule has 0 amide bonds. The van der Waals surface area contributed by atoms with Crippen molar-refractivity contribution in [3.63, 3.8) is 0 Å². The number of nitrogens with one attached hydrogen (secondary N) is 1. The first-order chi connectivity index (χ1) is 9.29. The summed E-state index contributed by atoms with van der Waals surface area (Å²) in [6.07, 6.45) is 3.53. The second kappa shape index (κ2) is 4.79. The summed E-state index contributed by atoms with van der Waals surface area (Å²) in [6, 6.07) is 7.93. The van der Waals surface area contributed by atoms with Gasteiger partial charge in [0.2, 0.25) is 0 Å². The van der Waals surface area contributed by atoms with Crippen LogP contribution in [-0.2, 0) is 13.6 Å². The van der Waals surface area contributed by atoms with Crippen molar-refractivity contribution in [2.24, 2.45) is 12.9 Å². The standard InChI is InChI=1S/C12H15N7/c1-18-12(6-15-17-18)10(16-13)7-19-8-14-9-4-2-3-5-11(9)19/h2-6,8,10,16H,7,13H2,1H3. The lowest BCUT2D eigenvalue weighted by Gasteiger charge is -2.16. The molecular formula is C12H15N7. The molecule has 3 aromatic rings. The van der Waals surface area contributed by atoms with E-state index in [-0.39, 0.29) is 6.04 Å². The molecule has 0 saturated carbocycles. The van der Waals surface area contributed by atoms with Gasteiger partial charge < -0.3 is 4.57 Å². The number of nitrogens with two attached hydrogens (primary N) is 1. The number of rotatable bonds is 4. The zero-order valence-corrected chi connectivity index (χ0v) is 10.6. The van der Waals surface area contributed by atoms with E-state index in [2.05, 4.69) is 25.3 Å². The molecule has 0 aliphatic rings. The summed E-state index contributed by atoms with van der Waals surface area (Å²) in [5, 5.41) is 7.80. The van der Waals surface area contributed by atoms with E-state index < -0.39 is 0 Å².